The van der Waals surface area contributed by atoms with Crippen LogP contribution < -0.4 is 0 Å². The van der Waals surface area contributed by atoms with E-state index in [2.05, 4.69) is 4.74 Å². The van der Waals surface area contributed by atoms with Crippen molar-refractivity contribution >= 4 is 0 Å². The van der Waals surface area contributed by atoms with Crippen LogP contribution in [0, 0.1) is 0 Å². The molecule has 0 spiro atoms. The van der Waals surface area contributed by atoms with Gasteiger partial charge in [0.15, 0.2) is 6.29 Å². The Hall–Kier alpha value is -0.200. The monoisotopic (exact) mass is 164 g/mol. The van der Waals surface area contributed by atoms with Crippen LogP contribution in [0.1, 0.15) is 6.92 Å². The third-order valence-corrected chi connectivity index (χ3v) is 1.83. The molecule has 1 rings (SSSR count). The Morgan fingerprint density at radius 2 is 1.45 bits per heavy atom. The van der Waals surface area contributed by atoms with Gasteiger partial charge in [-0.05, 0) is 6.92 Å². The van der Waals surface area contributed by atoms with Crippen molar-refractivity contribution in [3.05, 3.63) is 0 Å². The lowest BCUT2D eigenvalue weighted by Crippen LogP contribution is -2.56. The molecule has 0 radical (unpaired) electrons. The topological polar surface area (TPSA) is 90.2 Å². The standard InChI is InChI=1S/C6H12O5/c1-2-3(7)4(8)5(9)6(10)11-2/h2-10H,1H3/t2?,3-,4-,5-,6?/m0/s1. The van der Waals surface area contributed by atoms with Gasteiger partial charge in [0, 0.05) is 0 Å². The summed E-state index contributed by atoms with van der Waals surface area (Å²) >= 11 is 0. The van der Waals surface area contributed by atoms with E-state index in [0.717, 1.165) is 0 Å². The molecule has 0 amide bonds. The minimum Gasteiger partial charge on any atom is -0.388 e. The lowest BCUT2D eigenvalue weighted by molar-refractivity contribution is -0.277. The maximum absolute atomic E-state index is 9.09. The number of ether oxygens (including phenoxy) is 1. The van der Waals surface area contributed by atoms with E-state index in [4.69, 9.17) is 20.4 Å². The summed E-state index contributed by atoms with van der Waals surface area (Å²) < 4.78 is 4.68. The second-order valence-corrected chi connectivity index (χ2v) is 2.70. The fourth-order valence-electron chi connectivity index (χ4n) is 1.03. The van der Waals surface area contributed by atoms with Gasteiger partial charge in [-0.1, -0.05) is 0 Å². The van der Waals surface area contributed by atoms with Gasteiger partial charge >= 0.3 is 0 Å². The Kier molecular flexibility index (Phi) is 2.46. The Balaban J connectivity index is 2.63. The minimum absolute atomic E-state index is 0.664. The Labute approximate surface area is 63.8 Å². The van der Waals surface area contributed by atoms with Crippen LogP contribution in [0.2, 0.25) is 0 Å². The highest BCUT2D eigenvalue weighted by Crippen LogP contribution is 2.18. The molecule has 66 valence electrons. The molecule has 0 aliphatic carbocycles. The van der Waals surface area contributed by atoms with Gasteiger partial charge in [-0.2, -0.15) is 0 Å². The highest BCUT2D eigenvalue weighted by Gasteiger charge is 2.40. The Morgan fingerprint density at radius 1 is 0.909 bits per heavy atom. The molecule has 1 aliphatic heterocycles. The molecular weight excluding hydrogens is 152 g/mol. The predicted octanol–water partition coefficient (Wildman–Crippen LogP) is -2.19. The van der Waals surface area contributed by atoms with Crippen molar-refractivity contribution in [1.82, 2.24) is 0 Å². The van der Waals surface area contributed by atoms with E-state index in [9.17, 15) is 0 Å². The van der Waals surface area contributed by atoms with E-state index >= 15 is 0 Å². The summed E-state index contributed by atoms with van der Waals surface area (Å²) in [6, 6.07) is 0. The smallest absolute Gasteiger partial charge is 0.183 e. The van der Waals surface area contributed by atoms with Crippen LogP contribution >= 0.6 is 0 Å². The molecule has 1 heterocycles. The summed E-state index contributed by atoms with van der Waals surface area (Å²) in [5, 5.41) is 36.0. The van der Waals surface area contributed by atoms with Gasteiger partial charge in [-0.25, -0.2) is 0 Å². The highest BCUT2D eigenvalue weighted by molar-refractivity contribution is 4.86. The first-order valence-corrected chi connectivity index (χ1v) is 3.41. The molecule has 1 fully saturated rings. The zero-order valence-corrected chi connectivity index (χ0v) is 6.08. The molecule has 5 heteroatoms. The van der Waals surface area contributed by atoms with E-state index < -0.39 is 30.7 Å². The first kappa shape index (κ1) is 8.89. The largest absolute Gasteiger partial charge is 0.388 e. The van der Waals surface area contributed by atoms with Crippen molar-refractivity contribution in [2.45, 2.75) is 37.6 Å². The van der Waals surface area contributed by atoms with Crippen molar-refractivity contribution in [2.75, 3.05) is 0 Å². The van der Waals surface area contributed by atoms with Crippen molar-refractivity contribution in [2.24, 2.45) is 0 Å². The lowest BCUT2D eigenvalue weighted by atomic mass is 10.0. The number of aliphatic hydroxyl groups is 4. The third kappa shape index (κ3) is 1.52. The average Bonchev–Trinajstić information content (AvgIpc) is 1.97. The molecule has 0 bridgehead atoms. The quantitative estimate of drug-likeness (QED) is 0.326. The average molecular weight is 164 g/mol. The lowest BCUT2D eigenvalue weighted by Gasteiger charge is -2.36. The van der Waals surface area contributed by atoms with Crippen molar-refractivity contribution in [3.8, 4) is 0 Å². The van der Waals surface area contributed by atoms with Crippen molar-refractivity contribution < 1.29 is 25.2 Å². The summed E-state index contributed by atoms with van der Waals surface area (Å²) in [4.78, 5) is 0. The molecule has 2 unspecified atom stereocenters. The molecule has 4 N–H and O–H groups in total. The Bertz CT molecular complexity index is 125. The van der Waals surface area contributed by atoms with E-state index in [0.29, 0.717) is 0 Å². The molecule has 1 saturated heterocycles. The molecule has 5 atom stereocenters. The van der Waals surface area contributed by atoms with Gasteiger partial charge in [0.25, 0.3) is 0 Å². The molecule has 1 aliphatic rings. The van der Waals surface area contributed by atoms with Gasteiger partial charge in [0.2, 0.25) is 0 Å². The van der Waals surface area contributed by atoms with Crippen LogP contribution in [0.25, 0.3) is 0 Å². The fraction of sp³-hybridized carbons (Fsp3) is 1.00. The van der Waals surface area contributed by atoms with E-state index in [1.54, 1.807) is 0 Å². The summed E-state index contributed by atoms with van der Waals surface area (Å²) in [5.41, 5.74) is 0. The number of hydrogen-bond donors (Lipinski definition) is 4. The van der Waals surface area contributed by atoms with Crippen LogP contribution in [0.15, 0.2) is 0 Å². The summed E-state index contributed by atoms with van der Waals surface area (Å²) in [7, 11) is 0. The maximum Gasteiger partial charge on any atom is 0.183 e. The van der Waals surface area contributed by atoms with Gasteiger partial charge < -0.3 is 25.2 Å². The second kappa shape index (κ2) is 3.04. The van der Waals surface area contributed by atoms with E-state index in [1.807, 2.05) is 0 Å². The Morgan fingerprint density at radius 3 is 2.00 bits per heavy atom. The molecular formula is C6H12O5. The molecule has 0 aromatic carbocycles. The highest BCUT2D eigenvalue weighted by atomic mass is 16.6. The van der Waals surface area contributed by atoms with Crippen LogP contribution in [-0.2, 0) is 4.74 Å². The first-order valence-electron chi connectivity index (χ1n) is 3.41. The maximum atomic E-state index is 9.09. The molecule has 0 aromatic heterocycles. The van der Waals surface area contributed by atoms with E-state index in [-0.39, 0.29) is 0 Å². The zero-order chi connectivity index (χ0) is 8.59. The van der Waals surface area contributed by atoms with Crippen LogP contribution in [0.3, 0.4) is 0 Å². The number of hydrogen-bond acceptors (Lipinski definition) is 5. The normalized spacial score (nSPS) is 52.6. The van der Waals surface area contributed by atoms with Crippen molar-refractivity contribution in [3.63, 3.8) is 0 Å². The molecule has 5 nitrogen and oxygen atoms in total. The van der Waals surface area contributed by atoms with Crippen LogP contribution in [-0.4, -0.2) is 51.1 Å². The van der Waals surface area contributed by atoms with Gasteiger partial charge in [-0.15, -0.1) is 0 Å². The number of aliphatic hydroxyl groups excluding tert-OH is 4. The van der Waals surface area contributed by atoms with Gasteiger partial charge in [0.1, 0.15) is 18.3 Å². The fourth-order valence-corrected chi connectivity index (χ4v) is 1.03. The van der Waals surface area contributed by atoms with Gasteiger partial charge in [-0.3, -0.25) is 0 Å². The predicted molar refractivity (Wildman–Crippen MR) is 34.6 cm³/mol. The van der Waals surface area contributed by atoms with Gasteiger partial charge in [0.05, 0.1) is 6.10 Å². The number of rotatable bonds is 0. The SMILES string of the molecule is CC1OC(O)[C@@H](O)[C@@H](O)[C@H]1O. The van der Waals surface area contributed by atoms with Crippen LogP contribution in [0.5, 0.6) is 0 Å². The summed E-state index contributed by atoms with van der Waals surface area (Å²) in [6.07, 6.45) is -5.99. The molecule has 11 heavy (non-hydrogen) atoms. The second-order valence-electron chi connectivity index (χ2n) is 2.70. The minimum atomic E-state index is -1.43. The summed E-state index contributed by atoms with van der Waals surface area (Å²) in [6.45, 7) is 1.50. The zero-order valence-electron chi connectivity index (χ0n) is 6.08. The third-order valence-electron chi connectivity index (χ3n) is 1.83. The van der Waals surface area contributed by atoms with Crippen molar-refractivity contribution in [1.29, 1.82) is 0 Å². The van der Waals surface area contributed by atoms with Crippen LogP contribution in [0.4, 0.5) is 0 Å². The van der Waals surface area contributed by atoms with E-state index in [1.165, 1.54) is 6.92 Å². The molecule has 0 aromatic rings. The summed E-state index contributed by atoms with van der Waals surface area (Å²) in [5.74, 6) is 0. The molecule has 0 saturated carbocycles. The first-order chi connectivity index (χ1) is 5.04.